The number of aryl methyl sites for hydroxylation is 1. The number of thioether (sulfide) groups is 1. The minimum absolute atomic E-state index is 0.760. The minimum atomic E-state index is 0.760. The van der Waals surface area contributed by atoms with Gasteiger partial charge in [0.05, 0.1) is 0 Å². The topological polar surface area (TPSA) is 25.8 Å². The lowest BCUT2D eigenvalue weighted by molar-refractivity contribution is 0.902. The van der Waals surface area contributed by atoms with E-state index < -0.39 is 0 Å². The zero-order valence-electron chi connectivity index (χ0n) is 6.92. The van der Waals surface area contributed by atoms with Gasteiger partial charge in [0.1, 0.15) is 5.82 Å². The molecule has 0 saturated heterocycles. The molecular formula is C7H11ClN2S2. The van der Waals surface area contributed by atoms with Crippen molar-refractivity contribution in [2.45, 2.75) is 24.1 Å². The summed E-state index contributed by atoms with van der Waals surface area (Å²) in [5.41, 5.74) is 0. The molecule has 0 N–H and O–H groups in total. The summed E-state index contributed by atoms with van der Waals surface area (Å²) in [6, 6.07) is 0. The van der Waals surface area contributed by atoms with Crippen LogP contribution in [0.15, 0.2) is 4.34 Å². The van der Waals surface area contributed by atoms with Gasteiger partial charge in [-0.25, -0.2) is 4.98 Å². The van der Waals surface area contributed by atoms with E-state index in [0.717, 1.165) is 34.6 Å². The number of halogens is 1. The molecule has 0 spiro atoms. The van der Waals surface area contributed by atoms with Crippen molar-refractivity contribution in [1.82, 2.24) is 9.36 Å². The van der Waals surface area contributed by atoms with E-state index >= 15 is 0 Å². The summed E-state index contributed by atoms with van der Waals surface area (Å²) in [4.78, 5) is 4.25. The molecule has 1 heterocycles. The summed E-state index contributed by atoms with van der Waals surface area (Å²) in [5.74, 6) is 2.73. The summed E-state index contributed by atoms with van der Waals surface area (Å²) in [6.07, 6.45) is 2.25. The Kier molecular flexibility index (Phi) is 4.95. The lowest BCUT2D eigenvalue weighted by Gasteiger charge is -1.93. The number of nitrogens with zero attached hydrogens (tertiary/aromatic N) is 2. The van der Waals surface area contributed by atoms with Crippen LogP contribution >= 0.6 is 34.9 Å². The van der Waals surface area contributed by atoms with Gasteiger partial charge in [-0.2, -0.15) is 4.37 Å². The molecule has 1 aromatic rings. The van der Waals surface area contributed by atoms with Gasteiger partial charge < -0.3 is 0 Å². The van der Waals surface area contributed by atoms with Crippen LogP contribution in [-0.2, 0) is 0 Å². The van der Waals surface area contributed by atoms with E-state index in [1.807, 2.05) is 6.92 Å². The molecular weight excluding hydrogens is 212 g/mol. The van der Waals surface area contributed by atoms with Gasteiger partial charge in [0.25, 0.3) is 0 Å². The normalized spacial score (nSPS) is 10.5. The fraction of sp³-hybridized carbons (Fsp3) is 0.714. The lowest BCUT2D eigenvalue weighted by atomic mass is 10.4. The number of aromatic nitrogens is 2. The van der Waals surface area contributed by atoms with Crippen LogP contribution in [0.5, 0.6) is 0 Å². The van der Waals surface area contributed by atoms with Crippen molar-refractivity contribution in [3.8, 4) is 0 Å². The van der Waals surface area contributed by atoms with Gasteiger partial charge in [-0.3, -0.25) is 0 Å². The Morgan fingerprint density at radius 3 is 2.92 bits per heavy atom. The molecule has 2 nitrogen and oxygen atoms in total. The fourth-order valence-corrected chi connectivity index (χ4v) is 2.60. The molecule has 0 unspecified atom stereocenters. The molecule has 1 rings (SSSR count). The van der Waals surface area contributed by atoms with E-state index in [1.54, 1.807) is 11.8 Å². The van der Waals surface area contributed by atoms with Gasteiger partial charge in [-0.1, -0.05) is 11.8 Å². The zero-order valence-corrected chi connectivity index (χ0v) is 9.31. The van der Waals surface area contributed by atoms with Crippen molar-refractivity contribution in [3.05, 3.63) is 5.82 Å². The minimum Gasteiger partial charge on any atom is -0.213 e. The Morgan fingerprint density at radius 1 is 1.50 bits per heavy atom. The van der Waals surface area contributed by atoms with Crippen molar-refractivity contribution in [2.24, 2.45) is 0 Å². The third kappa shape index (κ3) is 3.74. The maximum absolute atomic E-state index is 5.55. The summed E-state index contributed by atoms with van der Waals surface area (Å²) >= 11 is 8.80. The zero-order chi connectivity index (χ0) is 8.81. The highest BCUT2D eigenvalue weighted by Crippen LogP contribution is 2.20. The Bertz CT molecular complexity index is 227. The van der Waals surface area contributed by atoms with Crippen LogP contribution in [0.25, 0.3) is 0 Å². The van der Waals surface area contributed by atoms with Crippen molar-refractivity contribution in [2.75, 3.05) is 11.6 Å². The third-order valence-electron chi connectivity index (χ3n) is 1.26. The van der Waals surface area contributed by atoms with Crippen molar-refractivity contribution < 1.29 is 0 Å². The van der Waals surface area contributed by atoms with Gasteiger partial charge in [0.15, 0.2) is 4.34 Å². The van der Waals surface area contributed by atoms with Crippen LogP contribution in [0, 0.1) is 6.92 Å². The summed E-state index contributed by atoms with van der Waals surface area (Å²) < 4.78 is 5.17. The maximum Gasteiger partial charge on any atom is 0.170 e. The smallest absolute Gasteiger partial charge is 0.170 e. The van der Waals surface area contributed by atoms with E-state index in [2.05, 4.69) is 9.36 Å². The second-order valence-electron chi connectivity index (χ2n) is 2.35. The summed E-state index contributed by atoms with van der Waals surface area (Å²) in [7, 11) is 0. The largest absolute Gasteiger partial charge is 0.213 e. The van der Waals surface area contributed by atoms with Gasteiger partial charge in [-0.15, -0.1) is 11.6 Å². The van der Waals surface area contributed by atoms with Crippen LogP contribution < -0.4 is 0 Å². The molecule has 0 saturated carbocycles. The van der Waals surface area contributed by atoms with E-state index in [1.165, 1.54) is 11.5 Å². The van der Waals surface area contributed by atoms with E-state index in [9.17, 15) is 0 Å². The second-order valence-corrected chi connectivity index (χ2v) is 4.82. The predicted molar refractivity (Wildman–Crippen MR) is 55.3 cm³/mol. The SMILES string of the molecule is Cc1nsc(SCCCCCl)n1. The molecule has 68 valence electrons. The number of unbranched alkanes of at least 4 members (excludes halogenated alkanes) is 1. The first-order valence-corrected chi connectivity index (χ1v) is 6.11. The quantitative estimate of drug-likeness (QED) is 0.435. The first-order chi connectivity index (χ1) is 5.83. The predicted octanol–water partition coefficient (Wildman–Crippen LogP) is 2.96. The van der Waals surface area contributed by atoms with Crippen molar-refractivity contribution in [1.29, 1.82) is 0 Å². The molecule has 0 aliphatic carbocycles. The van der Waals surface area contributed by atoms with Gasteiger partial charge in [0, 0.05) is 11.6 Å². The first-order valence-electron chi connectivity index (χ1n) is 3.82. The summed E-state index contributed by atoms with van der Waals surface area (Å²) in [5, 5.41) is 0. The van der Waals surface area contributed by atoms with E-state index in [-0.39, 0.29) is 0 Å². The number of hydrogen-bond acceptors (Lipinski definition) is 4. The van der Waals surface area contributed by atoms with Crippen molar-refractivity contribution >= 4 is 34.9 Å². The molecule has 0 radical (unpaired) electrons. The Balaban J connectivity index is 2.15. The first kappa shape index (κ1) is 10.3. The van der Waals surface area contributed by atoms with Crippen LogP contribution in [0.3, 0.4) is 0 Å². The van der Waals surface area contributed by atoms with Crippen LogP contribution in [0.4, 0.5) is 0 Å². The van der Waals surface area contributed by atoms with Gasteiger partial charge >= 0.3 is 0 Å². The lowest BCUT2D eigenvalue weighted by Crippen LogP contribution is -1.81. The highest BCUT2D eigenvalue weighted by atomic mass is 35.5. The molecule has 0 aliphatic rings. The number of alkyl halides is 1. The molecule has 0 bridgehead atoms. The molecule has 0 amide bonds. The Hall–Kier alpha value is 0.200. The number of rotatable bonds is 5. The van der Waals surface area contributed by atoms with E-state index in [0.29, 0.717) is 0 Å². The average Bonchev–Trinajstić information content (AvgIpc) is 2.45. The number of hydrogen-bond donors (Lipinski definition) is 0. The van der Waals surface area contributed by atoms with Crippen LogP contribution in [0.2, 0.25) is 0 Å². The third-order valence-corrected chi connectivity index (χ3v) is 3.54. The summed E-state index contributed by atoms with van der Waals surface area (Å²) in [6.45, 7) is 1.92. The highest BCUT2D eigenvalue weighted by Gasteiger charge is 1.99. The van der Waals surface area contributed by atoms with Gasteiger partial charge in [-0.05, 0) is 31.3 Å². The molecule has 0 aromatic carbocycles. The van der Waals surface area contributed by atoms with Gasteiger partial charge in [0.2, 0.25) is 0 Å². The standard InChI is InChI=1S/C7H11ClN2S2/c1-6-9-7(12-10-6)11-5-3-2-4-8/h2-5H2,1H3. The van der Waals surface area contributed by atoms with Crippen LogP contribution in [0.1, 0.15) is 18.7 Å². The molecule has 12 heavy (non-hydrogen) atoms. The molecule has 5 heteroatoms. The molecule has 0 fully saturated rings. The van der Waals surface area contributed by atoms with E-state index in [4.69, 9.17) is 11.6 Å². The maximum atomic E-state index is 5.55. The Morgan fingerprint density at radius 2 is 2.33 bits per heavy atom. The fourth-order valence-electron chi connectivity index (χ4n) is 0.693. The molecule has 0 atom stereocenters. The van der Waals surface area contributed by atoms with Crippen molar-refractivity contribution in [3.63, 3.8) is 0 Å². The molecule has 0 aliphatic heterocycles. The highest BCUT2D eigenvalue weighted by molar-refractivity contribution is 8.00. The Labute approximate surface area is 85.9 Å². The monoisotopic (exact) mass is 222 g/mol. The average molecular weight is 223 g/mol. The molecule has 1 aromatic heterocycles. The second kappa shape index (κ2) is 5.78. The van der Waals surface area contributed by atoms with Crippen LogP contribution in [-0.4, -0.2) is 21.0 Å².